The summed E-state index contributed by atoms with van der Waals surface area (Å²) in [6.45, 7) is 5.89. The van der Waals surface area contributed by atoms with Crippen LogP contribution >= 0.6 is 35.6 Å². The molecule has 1 saturated heterocycles. The summed E-state index contributed by atoms with van der Waals surface area (Å²) in [7, 11) is 0. The minimum Gasteiger partial charge on any atom is -0.493 e. The minimum atomic E-state index is -0.113. The van der Waals surface area contributed by atoms with Crippen LogP contribution in [0.5, 0.6) is 11.5 Å². The first kappa shape index (κ1) is 27.2. The molecule has 1 atom stereocenters. The number of carbonyl (C=O) groups excluding carboxylic acids is 1. The molecule has 3 aromatic rings. The number of rotatable bonds is 11. The number of nitrogens with zero attached hydrogens (tertiary/aromatic N) is 1. The van der Waals surface area contributed by atoms with Crippen LogP contribution < -0.4 is 9.47 Å². The van der Waals surface area contributed by atoms with Crippen LogP contribution in [0.2, 0.25) is 5.02 Å². The van der Waals surface area contributed by atoms with Gasteiger partial charge >= 0.3 is 0 Å². The third-order valence-corrected chi connectivity index (χ3v) is 7.80. The molecular weight excluding hydrogens is 522 g/mol. The van der Waals surface area contributed by atoms with E-state index >= 15 is 0 Å². The Hall–Kier alpha value is -2.80. The molecule has 0 N–H and O–H groups in total. The quantitative estimate of drug-likeness (QED) is 0.137. The first-order valence-corrected chi connectivity index (χ1v) is 14.0. The van der Waals surface area contributed by atoms with Gasteiger partial charge in [0.05, 0.1) is 24.7 Å². The Morgan fingerprint density at radius 3 is 2.49 bits per heavy atom. The average molecular weight is 552 g/mol. The summed E-state index contributed by atoms with van der Waals surface area (Å²) in [6.07, 6.45) is 3.64. The molecule has 0 aromatic heterocycles. The van der Waals surface area contributed by atoms with Gasteiger partial charge < -0.3 is 9.47 Å². The molecule has 192 valence electrons. The SMILES string of the molecule is CC[C@H](C)c1ccc(OCCCOc2ccc(Cl)cc2/C=C2\SC(=S)N(Cc3ccccc3)C2=O)cc1. The van der Waals surface area contributed by atoms with Gasteiger partial charge in [-0.3, -0.25) is 9.69 Å². The second-order valence-electron chi connectivity index (χ2n) is 8.86. The molecule has 4 nitrogen and oxygen atoms in total. The van der Waals surface area contributed by atoms with Crippen molar-refractivity contribution in [3.63, 3.8) is 0 Å². The molecule has 0 spiro atoms. The van der Waals surface area contributed by atoms with Crippen LogP contribution in [0, 0.1) is 0 Å². The van der Waals surface area contributed by atoms with E-state index in [0.29, 0.717) is 52.1 Å². The van der Waals surface area contributed by atoms with Crippen molar-refractivity contribution < 1.29 is 14.3 Å². The van der Waals surface area contributed by atoms with Crippen molar-refractivity contribution in [3.8, 4) is 11.5 Å². The van der Waals surface area contributed by atoms with Gasteiger partial charge in [0.25, 0.3) is 5.91 Å². The molecule has 0 saturated carbocycles. The predicted octanol–water partition coefficient (Wildman–Crippen LogP) is 8.10. The lowest BCUT2D eigenvalue weighted by Gasteiger charge is -2.14. The van der Waals surface area contributed by atoms with E-state index in [1.165, 1.54) is 17.3 Å². The lowest BCUT2D eigenvalue weighted by molar-refractivity contribution is -0.122. The predicted molar refractivity (Wildman–Crippen MR) is 157 cm³/mol. The maximum absolute atomic E-state index is 13.1. The number of halogens is 1. The number of amides is 1. The van der Waals surface area contributed by atoms with Crippen LogP contribution in [0.1, 0.15) is 49.3 Å². The van der Waals surface area contributed by atoms with Crippen LogP contribution in [0.3, 0.4) is 0 Å². The fraction of sp³-hybridized carbons (Fsp3) is 0.267. The molecule has 1 aliphatic heterocycles. The number of hydrogen-bond acceptors (Lipinski definition) is 5. The van der Waals surface area contributed by atoms with Crippen molar-refractivity contribution in [2.45, 2.75) is 39.2 Å². The van der Waals surface area contributed by atoms with E-state index in [1.54, 1.807) is 23.1 Å². The molecule has 1 aliphatic rings. The highest BCUT2D eigenvalue weighted by Gasteiger charge is 2.32. The summed E-state index contributed by atoms with van der Waals surface area (Å²) < 4.78 is 12.5. The second-order valence-corrected chi connectivity index (χ2v) is 11.0. The number of thiocarbonyl (C=S) groups is 1. The van der Waals surface area contributed by atoms with Gasteiger partial charge in [0.1, 0.15) is 15.8 Å². The van der Waals surface area contributed by atoms with Crippen molar-refractivity contribution in [1.29, 1.82) is 0 Å². The van der Waals surface area contributed by atoms with Crippen LogP contribution in [-0.2, 0) is 11.3 Å². The normalized spacial score (nSPS) is 15.3. The van der Waals surface area contributed by atoms with Crippen molar-refractivity contribution in [2.75, 3.05) is 13.2 Å². The van der Waals surface area contributed by atoms with Gasteiger partial charge in [-0.2, -0.15) is 0 Å². The summed E-state index contributed by atoms with van der Waals surface area (Å²) in [5.41, 5.74) is 3.10. The molecule has 1 heterocycles. The summed E-state index contributed by atoms with van der Waals surface area (Å²) >= 11 is 13.0. The van der Waals surface area contributed by atoms with Gasteiger partial charge in [0.15, 0.2) is 0 Å². The highest BCUT2D eigenvalue weighted by molar-refractivity contribution is 8.26. The van der Waals surface area contributed by atoms with Gasteiger partial charge in [-0.05, 0) is 59.9 Å². The largest absolute Gasteiger partial charge is 0.493 e. The van der Waals surface area contributed by atoms with E-state index in [2.05, 4.69) is 26.0 Å². The molecule has 3 aromatic carbocycles. The third-order valence-electron chi connectivity index (χ3n) is 6.19. The van der Waals surface area contributed by atoms with E-state index in [1.807, 2.05) is 48.5 Å². The van der Waals surface area contributed by atoms with Crippen molar-refractivity contribution >= 4 is 51.9 Å². The molecule has 37 heavy (non-hydrogen) atoms. The Bertz CT molecular complexity index is 1260. The molecule has 0 aliphatic carbocycles. The molecule has 7 heteroatoms. The number of hydrogen-bond donors (Lipinski definition) is 0. The van der Waals surface area contributed by atoms with Crippen molar-refractivity contribution in [2.24, 2.45) is 0 Å². The summed E-state index contributed by atoms with van der Waals surface area (Å²) in [6, 6.07) is 23.5. The molecule has 1 amide bonds. The van der Waals surface area contributed by atoms with E-state index in [-0.39, 0.29) is 5.91 Å². The smallest absolute Gasteiger partial charge is 0.266 e. The van der Waals surface area contributed by atoms with Gasteiger partial charge in [0, 0.05) is 17.0 Å². The molecule has 1 fully saturated rings. The average Bonchev–Trinajstić information content (AvgIpc) is 3.17. The molecule has 0 bridgehead atoms. The molecule has 4 rings (SSSR count). The van der Waals surface area contributed by atoms with Gasteiger partial charge in [-0.1, -0.05) is 91.9 Å². The Morgan fingerprint density at radius 1 is 1.03 bits per heavy atom. The number of thioether (sulfide) groups is 1. The number of carbonyl (C=O) groups is 1. The van der Waals surface area contributed by atoms with Crippen LogP contribution in [0.4, 0.5) is 0 Å². The lowest BCUT2D eigenvalue weighted by Crippen LogP contribution is -2.27. The zero-order valence-electron chi connectivity index (χ0n) is 21.0. The topological polar surface area (TPSA) is 38.8 Å². The fourth-order valence-electron chi connectivity index (χ4n) is 3.87. The van der Waals surface area contributed by atoms with Gasteiger partial charge in [-0.15, -0.1) is 0 Å². The standard InChI is InChI=1S/C30H30ClNO3S2/c1-3-21(2)23-10-13-26(14-11-23)34-16-7-17-35-27-15-12-25(31)18-24(27)19-28-29(33)32(30(36)37-28)20-22-8-5-4-6-9-22/h4-6,8-15,18-19,21H,3,7,16-17,20H2,1-2H3/b28-19-/t21-/m0/s1. The molecular formula is C30H30ClNO3S2. The van der Waals surface area contributed by atoms with Crippen molar-refractivity contribution in [3.05, 3.63) is 99.4 Å². The Balaban J connectivity index is 1.34. The first-order chi connectivity index (χ1) is 17.9. The maximum Gasteiger partial charge on any atom is 0.266 e. The van der Waals surface area contributed by atoms with E-state index in [0.717, 1.165) is 23.3 Å². The second kappa shape index (κ2) is 13.1. The fourth-order valence-corrected chi connectivity index (χ4v) is 5.29. The van der Waals surface area contributed by atoms with Crippen LogP contribution in [0.25, 0.3) is 6.08 Å². The summed E-state index contributed by atoms with van der Waals surface area (Å²) in [5, 5.41) is 0.572. The lowest BCUT2D eigenvalue weighted by atomic mass is 9.99. The van der Waals surface area contributed by atoms with Crippen molar-refractivity contribution in [1.82, 2.24) is 4.90 Å². The van der Waals surface area contributed by atoms with Crippen LogP contribution in [-0.4, -0.2) is 28.3 Å². The number of ether oxygens (including phenoxy) is 2. The zero-order valence-corrected chi connectivity index (χ0v) is 23.4. The molecule has 0 radical (unpaired) electrons. The summed E-state index contributed by atoms with van der Waals surface area (Å²) in [5.74, 6) is 1.95. The highest BCUT2D eigenvalue weighted by atomic mass is 35.5. The maximum atomic E-state index is 13.1. The van der Waals surface area contributed by atoms with E-state index < -0.39 is 0 Å². The minimum absolute atomic E-state index is 0.113. The first-order valence-electron chi connectivity index (χ1n) is 12.4. The monoisotopic (exact) mass is 551 g/mol. The number of benzene rings is 3. The van der Waals surface area contributed by atoms with Gasteiger partial charge in [0.2, 0.25) is 0 Å². The third kappa shape index (κ3) is 7.37. The van der Waals surface area contributed by atoms with E-state index in [4.69, 9.17) is 33.3 Å². The van der Waals surface area contributed by atoms with Gasteiger partial charge in [-0.25, -0.2) is 0 Å². The molecule has 0 unspecified atom stereocenters. The Labute approximate surface area is 233 Å². The van der Waals surface area contributed by atoms with E-state index in [9.17, 15) is 4.79 Å². The highest BCUT2D eigenvalue weighted by Crippen LogP contribution is 2.36. The summed E-state index contributed by atoms with van der Waals surface area (Å²) in [4.78, 5) is 15.3. The Kier molecular flexibility index (Phi) is 9.67. The van der Waals surface area contributed by atoms with Crippen LogP contribution in [0.15, 0.2) is 77.7 Å². The Morgan fingerprint density at radius 2 is 1.76 bits per heavy atom. The zero-order chi connectivity index (χ0) is 26.2.